The van der Waals surface area contributed by atoms with E-state index in [9.17, 15) is 4.39 Å². The Morgan fingerprint density at radius 1 is 1.62 bits per heavy atom. The normalized spacial score (nSPS) is 10.0. The molecule has 0 radical (unpaired) electrons. The third-order valence-electron chi connectivity index (χ3n) is 1.36. The van der Waals surface area contributed by atoms with Gasteiger partial charge in [-0.3, -0.25) is 0 Å². The van der Waals surface area contributed by atoms with E-state index in [4.69, 9.17) is 5.73 Å². The quantitative estimate of drug-likeness (QED) is 0.667. The minimum absolute atomic E-state index is 0.267. The molecule has 0 fully saturated rings. The average Bonchev–Trinajstić information content (AvgIpc) is 2.06. The fourth-order valence-electron chi connectivity index (χ4n) is 0.789. The van der Waals surface area contributed by atoms with Crippen LogP contribution in [0.1, 0.15) is 0 Å². The van der Waals surface area contributed by atoms with Crippen molar-refractivity contribution in [1.29, 1.82) is 0 Å². The number of hydrogen-bond donors (Lipinski definition) is 1. The summed E-state index contributed by atoms with van der Waals surface area (Å²) in [6.07, 6.45) is 0. The third-order valence-corrected chi connectivity index (χ3v) is 3.17. The van der Waals surface area contributed by atoms with Crippen molar-refractivity contribution in [3.63, 3.8) is 0 Å². The second-order valence-corrected chi connectivity index (χ2v) is 4.63. The summed E-state index contributed by atoms with van der Waals surface area (Å²) < 4.78 is 13.6. The largest absolute Gasteiger partial charge is 0.398 e. The Bertz CT molecular complexity index is 327. The summed E-state index contributed by atoms with van der Waals surface area (Å²) in [6.45, 7) is 3.68. The maximum atomic E-state index is 12.8. The first-order valence-electron chi connectivity index (χ1n) is 3.60. The molecule has 1 nitrogen and oxygen atoms in total. The van der Waals surface area contributed by atoms with E-state index in [1.54, 1.807) is 6.07 Å². The van der Waals surface area contributed by atoms with Crippen LogP contribution >= 0.6 is 27.7 Å². The van der Waals surface area contributed by atoms with Gasteiger partial charge in [0.25, 0.3) is 0 Å². The van der Waals surface area contributed by atoms with Crippen LogP contribution in [0, 0.1) is 5.82 Å². The smallest absolute Gasteiger partial charge is 0.124 e. The van der Waals surface area contributed by atoms with Crippen LogP contribution in [0.4, 0.5) is 10.1 Å². The fourth-order valence-corrected chi connectivity index (χ4v) is 1.88. The van der Waals surface area contributed by atoms with Crippen LogP contribution in [-0.2, 0) is 0 Å². The summed E-state index contributed by atoms with van der Waals surface area (Å²) in [5.74, 6) is 0.421. The molecule has 0 saturated heterocycles. The van der Waals surface area contributed by atoms with Crippen LogP contribution in [-0.4, -0.2) is 5.75 Å². The SMILES string of the molecule is C=C(Br)CSc1cc(F)ccc1N. The molecule has 0 bridgehead atoms. The zero-order chi connectivity index (χ0) is 9.84. The lowest BCUT2D eigenvalue weighted by molar-refractivity contribution is 0.624. The lowest BCUT2D eigenvalue weighted by Crippen LogP contribution is -1.90. The van der Waals surface area contributed by atoms with E-state index >= 15 is 0 Å². The highest BCUT2D eigenvalue weighted by atomic mass is 79.9. The van der Waals surface area contributed by atoms with Gasteiger partial charge in [0.1, 0.15) is 5.82 Å². The zero-order valence-corrected chi connectivity index (χ0v) is 9.29. The van der Waals surface area contributed by atoms with Crippen molar-refractivity contribution >= 4 is 33.4 Å². The highest BCUT2D eigenvalue weighted by Crippen LogP contribution is 2.27. The van der Waals surface area contributed by atoms with Gasteiger partial charge in [0.15, 0.2) is 0 Å². The van der Waals surface area contributed by atoms with Gasteiger partial charge in [-0.1, -0.05) is 22.5 Å². The number of halogens is 2. The maximum absolute atomic E-state index is 12.8. The molecule has 0 heterocycles. The van der Waals surface area contributed by atoms with Gasteiger partial charge in [0.2, 0.25) is 0 Å². The molecule has 70 valence electrons. The first-order chi connectivity index (χ1) is 6.09. The number of nitrogens with two attached hydrogens (primary N) is 1. The fraction of sp³-hybridized carbons (Fsp3) is 0.111. The standard InChI is InChI=1S/C9H9BrFNS/c1-6(10)5-13-9-4-7(11)2-3-8(9)12/h2-4H,1,5,12H2. The number of hydrogen-bond acceptors (Lipinski definition) is 2. The number of rotatable bonds is 3. The van der Waals surface area contributed by atoms with Gasteiger partial charge in [-0.2, -0.15) is 0 Å². The molecule has 0 amide bonds. The summed E-state index contributed by atoms with van der Waals surface area (Å²) in [5, 5.41) is 0. The Labute approximate surface area is 89.3 Å². The van der Waals surface area contributed by atoms with Gasteiger partial charge >= 0.3 is 0 Å². The van der Waals surface area contributed by atoms with Crippen molar-refractivity contribution in [2.75, 3.05) is 11.5 Å². The van der Waals surface area contributed by atoms with Crippen LogP contribution in [0.3, 0.4) is 0 Å². The van der Waals surface area contributed by atoms with Gasteiger partial charge in [-0.25, -0.2) is 4.39 Å². The summed E-state index contributed by atoms with van der Waals surface area (Å²) in [6, 6.07) is 4.34. The lowest BCUT2D eigenvalue weighted by atomic mass is 10.3. The van der Waals surface area contributed by atoms with E-state index in [-0.39, 0.29) is 5.82 Å². The van der Waals surface area contributed by atoms with Crippen molar-refractivity contribution in [2.24, 2.45) is 0 Å². The van der Waals surface area contributed by atoms with Crippen molar-refractivity contribution in [2.45, 2.75) is 4.90 Å². The topological polar surface area (TPSA) is 26.0 Å². The predicted molar refractivity (Wildman–Crippen MR) is 59.6 cm³/mol. The van der Waals surface area contributed by atoms with E-state index in [1.165, 1.54) is 23.9 Å². The number of thioether (sulfide) groups is 1. The van der Waals surface area contributed by atoms with Crippen LogP contribution in [0.25, 0.3) is 0 Å². The minimum Gasteiger partial charge on any atom is -0.398 e. The molecule has 4 heteroatoms. The molecule has 1 aromatic carbocycles. The highest BCUT2D eigenvalue weighted by Gasteiger charge is 2.01. The van der Waals surface area contributed by atoms with E-state index < -0.39 is 0 Å². The molecule has 2 N–H and O–H groups in total. The maximum Gasteiger partial charge on any atom is 0.124 e. The second-order valence-electron chi connectivity index (χ2n) is 2.49. The summed E-state index contributed by atoms with van der Waals surface area (Å²) in [4.78, 5) is 0.751. The summed E-state index contributed by atoms with van der Waals surface area (Å²) >= 11 is 4.68. The van der Waals surface area contributed by atoms with E-state index in [2.05, 4.69) is 22.5 Å². The van der Waals surface area contributed by atoms with Crippen molar-refractivity contribution < 1.29 is 4.39 Å². The molecule has 0 aliphatic carbocycles. The van der Waals surface area contributed by atoms with E-state index in [1.807, 2.05) is 0 Å². The molecule has 0 saturated carbocycles. The van der Waals surface area contributed by atoms with Crippen LogP contribution in [0.2, 0.25) is 0 Å². The van der Waals surface area contributed by atoms with Crippen LogP contribution < -0.4 is 5.73 Å². The predicted octanol–water partition coefficient (Wildman–Crippen LogP) is 3.41. The summed E-state index contributed by atoms with van der Waals surface area (Å²) in [7, 11) is 0. The molecule has 1 rings (SSSR count). The first kappa shape index (κ1) is 10.6. The van der Waals surface area contributed by atoms with Gasteiger partial charge in [-0.05, 0) is 22.7 Å². The molecule has 0 aromatic heterocycles. The number of benzene rings is 1. The molecular weight excluding hydrogens is 253 g/mol. The van der Waals surface area contributed by atoms with Crippen molar-refractivity contribution in [3.8, 4) is 0 Å². The Hall–Kier alpha value is -0.480. The molecule has 0 unspecified atom stereocenters. The molecule has 0 aliphatic rings. The van der Waals surface area contributed by atoms with Gasteiger partial charge in [0.05, 0.1) is 0 Å². The van der Waals surface area contributed by atoms with Crippen LogP contribution in [0.5, 0.6) is 0 Å². The Balaban J connectivity index is 2.75. The van der Waals surface area contributed by atoms with Crippen LogP contribution in [0.15, 0.2) is 34.2 Å². The Kier molecular flexibility index (Phi) is 3.81. The first-order valence-corrected chi connectivity index (χ1v) is 5.38. The number of nitrogen functional groups attached to an aromatic ring is 1. The van der Waals surface area contributed by atoms with Gasteiger partial charge in [0, 0.05) is 16.3 Å². The zero-order valence-electron chi connectivity index (χ0n) is 6.89. The molecule has 1 aromatic rings. The Morgan fingerprint density at radius 2 is 2.31 bits per heavy atom. The lowest BCUT2D eigenvalue weighted by Gasteiger charge is -2.03. The molecular formula is C9H9BrFNS. The molecule has 0 atom stereocenters. The van der Waals surface area contributed by atoms with Crippen molar-refractivity contribution in [1.82, 2.24) is 0 Å². The second kappa shape index (κ2) is 4.67. The third kappa shape index (κ3) is 3.40. The Morgan fingerprint density at radius 3 is 2.92 bits per heavy atom. The van der Waals surface area contributed by atoms with Crippen molar-refractivity contribution in [3.05, 3.63) is 35.1 Å². The van der Waals surface area contributed by atoms with Gasteiger partial charge < -0.3 is 5.73 Å². The molecule has 0 aliphatic heterocycles. The van der Waals surface area contributed by atoms with E-state index in [0.717, 1.165) is 9.38 Å². The molecule has 13 heavy (non-hydrogen) atoms. The summed E-state index contributed by atoms with van der Waals surface area (Å²) in [5.41, 5.74) is 6.24. The molecule has 0 spiro atoms. The highest BCUT2D eigenvalue weighted by molar-refractivity contribution is 9.11. The van der Waals surface area contributed by atoms with Gasteiger partial charge in [-0.15, -0.1) is 11.8 Å². The average molecular weight is 262 g/mol. The monoisotopic (exact) mass is 261 g/mol. The minimum atomic E-state index is -0.267. The van der Waals surface area contributed by atoms with E-state index in [0.29, 0.717) is 11.4 Å². The number of anilines is 1.